The Morgan fingerprint density at radius 2 is 1.81 bits per heavy atom. The summed E-state index contributed by atoms with van der Waals surface area (Å²) in [4.78, 5) is 11.9. The standard InChI is InChI=1S/C14H26O2/c1-3-11-16-14(13(15)4-2)12-9-7-5-6-8-10-12/h12,14H,3-11H2,1-2H3. The second-order valence-corrected chi connectivity index (χ2v) is 4.86. The summed E-state index contributed by atoms with van der Waals surface area (Å²) in [5.74, 6) is 0.793. The summed E-state index contributed by atoms with van der Waals surface area (Å²) in [6, 6.07) is 0. The lowest BCUT2D eigenvalue weighted by atomic mass is 9.90. The normalized spacial score (nSPS) is 20.4. The van der Waals surface area contributed by atoms with Crippen molar-refractivity contribution in [3.8, 4) is 0 Å². The van der Waals surface area contributed by atoms with Crippen LogP contribution < -0.4 is 0 Å². The molecule has 94 valence electrons. The molecule has 1 aliphatic rings. The van der Waals surface area contributed by atoms with Crippen LogP contribution in [0.25, 0.3) is 0 Å². The molecule has 1 fully saturated rings. The molecule has 0 aliphatic heterocycles. The Morgan fingerprint density at radius 3 is 2.31 bits per heavy atom. The van der Waals surface area contributed by atoms with Crippen LogP contribution in [0.5, 0.6) is 0 Å². The maximum atomic E-state index is 11.9. The lowest BCUT2D eigenvalue weighted by molar-refractivity contribution is -0.134. The summed E-state index contributed by atoms with van der Waals surface area (Å²) in [5.41, 5.74) is 0. The van der Waals surface area contributed by atoms with Gasteiger partial charge in [0, 0.05) is 13.0 Å². The third-order valence-electron chi connectivity index (χ3n) is 3.50. The van der Waals surface area contributed by atoms with Crippen molar-refractivity contribution in [3.05, 3.63) is 0 Å². The molecule has 1 atom stereocenters. The van der Waals surface area contributed by atoms with Gasteiger partial charge >= 0.3 is 0 Å². The highest BCUT2D eigenvalue weighted by Gasteiger charge is 2.28. The third kappa shape index (κ3) is 4.25. The summed E-state index contributed by atoms with van der Waals surface area (Å²) in [5, 5.41) is 0. The van der Waals surface area contributed by atoms with Gasteiger partial charge in [-0.15, -0.1) is 0 Å². The number of ether oxygens (including phenoxy) is 1. The van der Waals surface area contributed by atoms with Crippen molar-refractivity contribution >= 4 is 5.78 Å². The Balaban J connectivity index is 2.54. The van der Waals surface area contributed by atoms with Crippen LogP contribution in [0.15, 0.2) is 0 Å². The molecule has 2 heteroatoms. The molecule has 16 heavy (non-hydrogen) atoms. The van der Waals surface area contributed by atoms with E-state index in [0.29, 0.717) is 18.1 Å². The molecule has 0 N–H and O–H groups in total. The molecular formula is C14H26O2. The maximum absolute atomic E-state index is 11.9. The maximum Gasteiger partial charge on any atom is 0.161 e. The predicted molar refractivity (Wildman–Crippen MR) is 66.5 cm³/mol. The van der Waals surface area contributed by atoms with Gasteiger partial charge in [0.05, 0.1) is 0 Å². The van der Waals surface area contributed by atoms with E-state index in [1.807, 2.05) is 6.92 Å². The van der Waals surface area contributed by atoms with Gasteiger partial charge in [-0.1, -0.05) is 39.5 Å². The fourth-order valence-corrected chi connectivity index (χ4v) is 2.55. The van der Waals surface area contributed by atoms with Crippen molar-refractivity contribution in [2.75, 3.05) is 6.61 Å². The van der Waals surface area contributed by atoms with Gasteiger partial charge in [0.15, 0.2) is 5.78 Å². The largest absolute Gasteiger partial charge is 0.370 e. The number of hydrogen-bond donors (Lipinski definition) is 0. The molecule has 0 spiro atoms. The Labute approximate surface area is 99.8 Å². The van der Waals surface area contributed by atoms with Crippen LogP contribution in [0, 0.1) is 5.92 Å². The lowest BCUT2D eigenvalue weighted by Crippen LogP contribution is -2.32. The van der Waals surface area contributed by atoms with Crippen molar-refractivity contribution in [1.29, 1.82) is 0 Å². The molecule has 1 rings (SSSR count). The Hall–Kier alpha value is -0.370. The Kier molecular flexibility index (Phi) is 6.70. The van der Waals surface area contributed by atoms with Crippen LogP contribution in [0.2, 0.25) is 0 Å². The number of carbonyl (C=O) groups is 1. The van der Waals surface area contributed by atoms with Gasteiger partial charge in [0.2, 0.25) is 0 Å². The molecule has 0 heterocycles. The zero-order valence-corrected chi connectivity index (χ0v) is 10.8. The summed E-state index contributed by atoms with van der Waals surface area (Å²) in [7, 11) is 0. The molecule has 0 radical (unpaired) electrons. The number of ketones is 1. The van der Waals surface area contributed by atoms with Crippen molar-refractivity contribution < 1.29 is 9.53 Å². The van der Waals surface area contributed by atoms with Crippen molar-refractivity contribution in [3.63, 3.8) is 0 Å². The quantitative estimate of drug-likeness (QED) is 0.645. The van der Waals surface area contributed by atoms with Crippen molar-refractivity contribution in [2.24, 2.45) is 5.92 Å². The molecule has 0 bridgehead atoms. The number of carbonyl (C=O) groups excluding carboxylic acids is 1. The Morgan fingerprint density at radius 1 is 1.19 bits per heavy atom. The molecule has 0 aromatic rings. The van der Waals surface area contributed by atoms with E-state index in [1.165, 1.54) is 38.5 Å². The molecule has 1 aliphatic carbocycles. The number of hydrogen-bond acceptors (Lipinski definition) is 2. The molecule has 0 aromatic heterocycles. The summed E-state index contributed by atoms with van der Waals surface area (Å²) in [6.07, 6.45) is 9.07. The minimum absolute atomic E-state index is 0.108. The molecule has 0 saturated heterocycles. The molecule has 0 aromatic carbocycles. The smallest absolute Gasteiger partial charge is 0.161 e. The van der Waals surface area contributed by atoms with E-state index >= 15 is 0 Å². The average Bonchev–Trinajstić information content (AvgIpc) is 2.58. The van der Waals surface area contributed by atoms with Gasteiger partial charge in [-0.3, -0.25) is 4.79 Å². The number of Topliss-reactive ketones (excluding diaryl/α,β-unsaturated/α-hetero) is 1. The van der Waals surface area contributed by atoms with Gasteiger partial charge in [-0.05, 0) is 25.2 Å². The second-order valence-electron chi connectivity index (χ2n) is 4.86. The van der Waals surface area contributed by atoms with E-state index in [-0.39, 0.29) is 6.10 Å². The minimum Gasteiger partial charge on any atom is -0.370 e. The highest BCUT2D eigenvalue weighted by molar-refractivity contribution is 5.83. The molecule has 1 unspecified atom stereocenters. The first-order chi connectivity index (χ1) is 7.79. The van der Waals surface area contributed by atoms with E-state index in [9.17, 15) is 4.79 Å². The lowest BCUT2D eigenvalue weighted by Gasteiger charge is -2.24. The van der Waals surface area contributed by atoms with Crippen molar-refractivity contribution in [1.82, 2.24) is 0 Å². The van der Waals surface area contributed by atoms with Gasteiger partial charge in [-0.25, -0.2) is 0 Å². The molecule has 1 saturated carbocycles. The summed E-state index contributed by atoms with van der Waals surface area (Å²) < 4.78 is 5.79. The highest BCUT2D eigenvalue weighted by atomic mass is 16.5. The highest BCUT2D eigenvalue weighted by Crippen LogP contribution is 2.28. The van der Waals surface area contributed by atoms with Crippen LogP contribution in [0.1, 0.15) is 65.2 Å². The molecular weight excluding hydrogens is 200 g/mol. The van der Waals surface area contributed by atoms with E-state index < -0.39 is 0 Å². The SMILES string of the molecule is CCCOC(C(=O)CC)C1CCCCCC1. The first kappa shape index (κ1) is 13.7. The van der Waals surface area contributed by atoms with Crippen LogP contribution in [-0.2, 0) is 9.53 Å². The average molecular weight is 226 g/mol. The zero-order chi connectivity index (χ0) is 11.8. The van der Waals surface area contributed by atoms with E-state index in [0.717, 1.165) is 13.0 Å². The first-order valence-electron chi connectivity index (χ1n) is 6.93. The monoisotopic (exact) mass is 226 g/mol. The predicted octanol–water partition coefficient (Wildman–Crippen LogP) is 3.73. The zero-order valence-electron chi connectivity index (χ0n) is 10.8. The van der Waals surface area contributed by atoms with Gasteiger partial charge in [-0.2, -0.15) is 0 Å². The van der Waals surface area contributed by atoms with Gasteiger partial charge < -0.3 is 4.74 Å². The third-order valence-corrected chi connectivity index (χ3v) is 3.50. The summed E-state index contributed by atoms with van der Waals surface area (Å²) in [6.45, 7) is 4.77. The fraction of sp³-hybridized carbons (Fsp3) is 0.929. The first-order valence-corrected chi connectivity index (χ1v) is 6.93. The summed E-state index contributed by atoms with van der Waals surface area (Å²) >= 11 is 0. The topological polar surface area (TPSA) is 26.3 Å². The molecule has 0 amide bonds. The van der Waals surface area contributed by atoms with E-state index in [1.54, 1.807) is 0 Å². The van der Waals surface area contributed by atoms with E-state index in [4.69, 9.17) is 4.74 Å². The van der Waals surface area contributed by atoms with Crippen LogP contribution in [0.4, 0.5) is 0 Å². The van der Waals surface area contributed by atoms with Gasteiger partial charge in [0.25, 0.3) is 0 Å². The fourth-order valence-electron chi connectivity index (χ4n) is 2.55. The number of rotatable bonds is 6. The van der Waals surface area contributed by atoms with E-state index in [2.05, 4.69) is 6.92 Å². The Bertz CT molecular complexity index is 193. The molecule has 2 nitrogen and oxygen atoms in total. The van der Waals surface area contributed by atoms with Crippen LogP contribution >= 0.6 is 0 Å². The van der Waals surface area contributed by atoms with Crippen molar-refractivity contribution in [2.45, 2.75) is 71.3 Å². The second kappa shape index (κ2) is 7.83. The van der Waals surface area contributed by atoms with Crippen LogP contribution in [-0.4, -0.2) is 18.5 Å². The van der Waals surface area contributed by atoms with Gasteiger partial charge in [0.1, 0.15) is 6.10 Å². The minimum atomic E-state index is -0.108. The van der Waals surface area contributed by atoms with Crippen LogP contribution in [0.3, 0.4) is 0 Å².